The normalized spacial score (nSPS) is 11.4. The molecule has 2 amide bonds. The van der Waals surface area contributed by atoms with Crippen LogP contribution in [-0.4, -0.2) is 29.9 Å². The first kappa shape index (κ1) is 25.7. The first-order chi connectivity index (χ1) is 18.1. The van der Waals surface area contributed by atoms with Crippen LogP contribution in [0.1, 0.15) is 22.3 Å². The highest BCUT2D eigenvalue weighted by molar-refractivity contribution is 5.88. The van der Waals surface area contributed by atoms with Gasteiger partial charge in [-0.2, -0.15) is 0 Å². The maximum absolute atomic E-state index is 13.8. The summed E-state index contributed by atoms with van der Waals surface area (Å²) in [6.07, 6.45) is 0.631. The fourth-order valence-corrected chi connectivity index (χ4v) is 4.26. The number of ether oxygens (including phenoxy) is 1. The summed E-state index contributed by atoms with van der Waals surface area (Å²) < 4.78 is 5.29. The fourth-order valence-electron chi connectivity index (χ4n) is 4.26. The summed E-state index contributed by atoms with van der Waals surface area (Å²) in [7, 11) is 1.62. The molecule has 0 fully saturated rings. The van der Waals surface area contributed by atoms with Crippen molar-refractivity contribution in [2.45, 2.75) is 32.0 Å². The Bertz CT molecular complexity index is 1260. The fraction of sp³-hybridized carbons (Fsp3) is 0.188. The molecule has 5 nitrogen and oxygen atoms in total. The monoisotopic (exact) mass is 492 g/mol. The second kappa shape index (κ2) is 13.1. The van der Waals surface area contributed by atoms with Crippen molar-refractivity contribution in [1.29, 1.82) is 0 Å². The molecule has 0 unspecified atom stereocenters. The molecular formula is C32H32N2O3. The molecule has 0 radical (unpaired) electrons. The van der Waals surface area contributed by atoms with E-state index in [9.17, 15) is 9.59 Å². The van der Waals surface area contributed by atoms with E-state index in [1.54, 1.807) is 12.0 Å². The largest absolute Gasteiger partial charge is 0.497 e. The summed E-state index contributed by atoms with van der Waals surface area (Å²) >= 11 is 0. The van der Waals surface area contributed by atoms with E-state index in [-0.39, 0.29) is 18.2 Å². The van der Waals surface area contributed by atoms with Crippen molar-refractivity contribution < 1.29 is 14.3 Å². The van der Waals surface area contributed by atoms with E-state index in [0.717, 1.165) is 28.0 Å². The van der Waals surface area contributed by atoms with E-state index < -0.39 is 6.04 Å². The van der Waals surface area contributed by atoms with Gasteiger partial charge in [-0.25, -0.2) is 0 Å². The van der Waals surface area contributed by atoms with Gasteiger partial charge in [-0.3, -0.25) is 9.59 Å². The number of hydrogen-bond donors (Lipinski definition) is 1. The van der Waals surface area contributed by atoms with Gasteiger partial charge < -0.3 is 15.0 Å². The topological polar surface area (TPSA) is 58.6 Å². The van der Waals surface area contributed by atoms with E-state index >= 15 is 0 Å². The van der Waals surface area contributed by atoms with Crippen LogP contribution in [0, 0.1) is 0 Å². The van der Waals surface area contributed by atoms with Crippen LogP contribution in [0.4, 0.5) is 0 Å². The minimum atomic E-state index is -0.676. The molecule has 0 saturated heterocycles. The third-order valence-corrected chi connectivity index (χ3v) is 6.29. The van der Waals surface area contributed by atoms with Gasteiger partial charge in [0.25, 0.3) is 0 Å². The lowest BCUT2D eigenvalue weighted by atomic mass is 10.0. The van der Waals surface area contributed by atoms with Gasteiger partial charge in [0.2, 0.25) is 11.8 Å². The van der Waals surface area contributed by atoms with Crippen LogP contribution < -0.4 is 10.1 Å². The Hall–Kier alpha value is -4.38. The highest BCUT2D eigenvalue weighted by Crippen LogP contribution is 2.19. The van der Waals surface area contributed by atoms with Crippen LogP contribution in [0.2, 0.25) is 0 Å². The second-order valence-corrected chi connectivity index (χ2v) is 8.94. The lowest BCUT2D eigenvalue weighted by Crippen LogP contribution is -2.50. The van der Waals surface area contributed by atoms with Gasteiger partial charge >= 0.3 is 0 Å². The number of carbonyl (C=O) groups is 2. The molecule has 4 rings (SSSR count). The van der Waals surface area contributed by atoms with Crippen molar-refractivity contribution >= 4 is 11.8 Å². The summed E-state index contributed by atoms with van der Waals surface area (Å²) in [5, 5.41) is 3.07. The maximum Gasteiger partial charge on any atom is 0.243 e. The van der Waals surface area contributed by atoms with Crippen molar-refractivity contribution in [2.24, 2.45) is 0 Å². The predicted molar refractivity (Wildman–Crippen MR) is 146 cm³/mol. The zero-order valence-electron chi connectivity index (χ0n) is 21.0. The van der Waals surface area contributed by atoms with E-state index in [1.165, 1.54) is 0 Å². The Morgan fingerprint density at radius 3 is 1.81 bits per heavy atom. The molecule has 0 aromatic heterocycles. The van der Waals surface area contributed by atoms with Crippen LogP contribution in [0.3, 0.4) is 0 Å². The third-order valence-electron chi connectivity index (χ3n) is 6.29. The highest BCUT2D eigenvalue weighted by Gasteiger charge is 2.30. The van der Waals surface area contributed by atoms with Gasteiger partial charge in [0.1, 0.15) is 11.8 Å². The molecule has 5 heteroatoms. The second-order valence-electron chi connectivity index (χ2n) is 8.94. The van der Waals surface area contributed by atoms with Crippen LogP contribution in [0.25, 0.3) is 0 Å². The Morgan fingerprint density at radius 1 is 0.703 bits per heavy atom. The van der Waals surface area contributed by atoms with Crippen molar-refractivity contribution in [3.63, 3.8) is 0 Å². The van der Waals surface area contributed by atoms with E-state index in [1.807, 2.05) is 115 Å². The van der Waals surface area contributed by atoms with Crippen molar-refractivity contribution in [3.8, 4) is 5.75 Å². The molecule has 188 valence electrons. The molecule has 0 heterocycles. The Kier molecular flexibility index (Phi) is 9.08. The smallest absolute Gasteiger partial charge is 0.243 e. The van der Waals surface area contributed by atoms with Crippen LogP contribution in [0.5, 0.6) is 5.75 Å². The van der Waals surface area contributed by atoms with Gasteiger partial charge in [0.15, 0.2) is 0 Å². The number of rotatable bonds is 11. The van der Waals surface area contributed by atoms with Gasteiger partial charge in [0, 0.05) is 19.5 Å². The number of nitrogens with one attached hydrogen (secondary N) is 1. The van der Waals surface area contributed by atoms with Crippen molar-refractivity contribution in [1.82, 2.24) is 10.2 Å². The van der Waals surface area contributed by atoms with Crippen LogP contribution in [0.15, 0.2) is 115 Å². The van der Waals surface area contributed by atoms with Crippen LogP contribution >= 0.6 is 0 Å². The average molecular weight is 493 g/mol. The number of methoxy groups -OCH3 is 1. The summed E-state index contributed by atoms with van der Waals surface area (Å²) in [4.78, 5) is 29.2. The molecule has 1 atom stereocenters. The summed E-state index contributed by atoms with van der Waals surface area (Å²) in [6, 6.07) is 36.2. The first-order valence-electron chi connectivity index (χ1n) is 12.4. The Balaban J connectivity index is 1.64. The zero-order valence-corrected chi connectivity index (χ0v) is 21.0. The molecule has 37 heavy (non-hydrogen) atoms. The SMILES string of the molecule is COc1ccc(CN(C(=O)Cc2ccccc2)[C@H](Cc2ccccc2)C(=O)NCc2ccccc2)cc1. The van der Waals surface area contributed by atoms with Gasteiger partial charge in [0.05, 0.1) is 13.5 Å². The maximum atomic E-state index is 13.8. The lowest BCUT2D eigenvalue weighted by Gasteiger charge is -2.32. The summed E-state index contributed by atoms with van der Waals surface area (Å²) in [6.45, 7) is 0.708. The number of nitrogens with zero attached hydrogens (tertiary/aromatic N) is 1. The molecule has 0 bridgehead atoms. The number of carbonyl (C=O) groups excluding carboxylic acids is 2. The molecule has 0 aliphatic heterocycles. The summed E-state index contributed by atoms with van der Waals surface area (Å²) in [5.74, 6) is 0.466. The molecule has 1 N–H and O–H groups in total. The van der Waals surface area contributed by atoms with Gasteiger partial charge in [-0.15, -0.1) is 0 Å². The first-order valence-corrected chi connectivity index (χ1v) is 12.4. The van der Waals surface area contributed by atoms with E-state index in [0.29, 0.717) is 19.5 Å². The van der Waals surface area contributed by atoms with Gasteiger partial charge in [-0.1, -0.05) is 103 Å². The molecule has 0 saturated carbocycles. The average Bonchev–Trinajstić information content (AvgIpc) is 2.95. The Morgan fingerprint density at radius 2 is 1.24 bits per heavy atom. The summed E-state index contributed by atoms with van der Waals surface area (Å²) in [5.41, 5.74) is 3.84. The standard InChI is InChI=1S/C32H32N2O3/c1-37-29-19-17-28(18-20-29)24-34(31(35)22-26-13-7-3-8-14-26)30(21-25-11-5-2-6-12-25)32(36)33-23-27-15-9-4-10-16-27/h2-20,30H,21-24H2,1H3,(H,33,36)/t30-/m1/s1. The van der Waals surface area contributed by atoms with Crippen molar-refractivity contribution in [3.05, 3.63) is 138 Å². The predicted octanol–water partition coefficient (Wildman–Crippen LogP) is 5.19. The molecule has 0 aliphatic rings. The zero-order chi connectivity index (χ0) is 25.9. The minimum absolute atomic E-state index is 0.0992. The lowest BCUT2D eigenvalue weighted by molar-refractivity contribution is -0.140. The molecule has 4 aromatic rings. The minimum Gasteiger partial charge on any atom is -0.497 e. The molecule has 4 aromatic carbocycles. The van der Waals surface area contributed by atoms with E-state index in [4.69, 9.17) is 4.74 Å². The Labute approximate surface area is 218 Å². The quantitative estimate of drug-likeness (QED) is 0.313. The molecular weight excluding hydrogens is 460 g/mol. The van der Waals surface area contributed by atoms with E-state index in [2.05, 4.69) is 5.32 Å². The molecule has 0 aliphatic carbocycles. The number of hydrogen-bond acceptors (Lipinski definition) is 3. The third kappa shape index (κ3) is 7.55. The number of benzene rings is 4. The molecule has 0 spiro atoms. The van der Waals surface area contributed by atoms with Crippen molar-refractivity contribution in [2.75, 3.05) is 7.11 Å². The van der Waals surface area contributed by atoms with Gasteiger partial charge in [-0.05, 0) is 34.4 Å². The van der Waals surface area contributed by atoms with Crippen LogP contribution in [-0.2, 0) is 35.5 Å². The number of amides is 2. The highest BCUT2D eigenvalue weighted by atomic mass is 16.5.